The van der Waals surface area contributed by atoms with Gasteiger partial charge in [0.25, 0.3) is 5.91 Å². The van der Waals surface area contributed by atoms with Crippen LogP contribution in [-0.4, -0.2) is 10.9 Å². The van der Waals surface area contributed by atoms with Crippen LogP contribution in [0.5, 0.6) is 0 Å². The second kappa shape index (κ2) is 4.83. The van der Waals surface area contributed by atoms with E-state index in [1.54, 1.807) is 19.1 Å². The van der Waals surface area contributed by atoms with Crippen LogP contribution >= 0.6 is 0 Å². The summed E-state index contributed by atoms with van der Waals surface area (Å²) in [5.74, 6) is -0.476. The number of nitrogens with two attached hydrogens (primary N) is 1. The first-order valence-corrected chi connectivity index (χ1v) is 5.36. The lowest BCUT2D eigenvalue weighted by Gasteiger charge is -2.06. The Morgan fingerprint density at radius 3 is 2.78 bits per heavy atom. The third-order valence-corrected chi connectivity index (χ3v) is 2.32. The molecule has 0 saturated carbocycles. The average molecular weight is 245 g/mol. The van der Waals surface area contributed by atoms with E-state index < -0.39 is 5.82 Å². The first kappa shape index (κ1) is 12.0. The molecule has 1 amide bonds. The van der Waals surface area contributed by atoms with Crippen LogP contribution in [0.2, 0.25) is 0 Å². The van der Waals surface area contributed by atoms with Gasteiger partial charge in [0.1, 0.15) is 11.6 Å². The lowest BCUT2D eigenvalue weighted by atomic mass is 10.2. The highest BCUT2D eigenvalue weighted by atomic mass is 19.1. The third kappa shape index (κ3) is 2.82. The fraction of sp³-hybridized carbons (Fsp3) is 0.0769. The number of nitrogen functional groups attached to an aromatic ring is 1. The molecule has 0 unspecified atom stereocenters. The predicted octanol–water partition coefficient (Wildman–Crippen LogP) is 2.36. The van der Waals surface area contributed by atoms with Crippen LogP contribution in [0.4, 0.5) is 15.9 Å². The number of nitrogens with zero attached hydrogens (tertiary/aromatic N) is 1. The number of carbonyl (C=O) groups excluding carboxylic acids is 1. The molecule has 1 aromatic carbocycles. The highest BCUT2D eigenvalue weighted by Crippen LogP contribution is 2.13. The largest absolute Gasteiger partial charge is 0.384 e. The molecule has 0 fully saturated rings. The van der Waals surface area contributed by atoms with Crippen LogP contribution in [0.1, 0.15) is 16.1 Å². The Morgan fingerprint density at radius 2 is 2.11 bits per heavy atom. The van der Waals surface area contributed by atoms with Gasteiger partial charge < -0.3 is 11.1 Å². The molecular weight excluding hydrogens is 233 g/mol. The Bertz CT molecular complexity index is 578. The molecule has 5 heteroatoms. The minimum Gasteiger partial charge on any atom is -0.384 e. The summed E-state index contributed by atoms with van der Waals surface area (Å²) in [5, 5.41) is 2.59. The number of aryl methyl sites for hydroxylation is 1. The Morgan fingerprint density at radius 1 is 1.33 bits per heavy atom. The van der Waals surface area contributed by atoms with E-state index in [0.29, 0.717) is 16.9 Å². The number of rotatable bonds is 2. The minimum atomic E-state index is -0.404. The summed E-state index contributed by atoms with van der Waals surface area (Å²) in [5.41, 5.74) is 7.00. The molecule has 2 rings (SSSR count). The van der Waals surface area contributed by atoms with Crippen molar-refractivity contribution in [2.75, 3.05) is 11.1 Å². The van der Waals surface area contributed by atoms with Gasteiger partial charge in [0.05, 0.1) is 0 Å². The Kier molecular flexibility index (Phi) is 3.23. The maximum absolute atomic E-state index is 13.0. The van der Waals surface area contributed by atoms with Crippen molar-refractivity contribution in [1.82, 2.24) is 4.98 Å². The summed E-state index contributed by atoms with van der Waals surface area (Å²) in [6.07, 6.45) is 0. The molecule has 0 aliphatic rings. The second-order valence-electron chi connectivity index (χ2n) is 3.89. The number of hydrogen-bond acceptors (Lipinski definition) is 3. The fourth-order valence-corrected chi connectivity index (χ4v) is 1.59. The summed E-state index contributed by atoms with van der Waals surface area (Å²) < 4.78 is 13.0. The van der Waals surface area contributed by atoms with Gasteiger partial charge >= 0.3 is 0 Å². The van der Waals surface area contributed by atoms with E-state index in [9.17, 15) is 9.18 Å². The molecule has 4 nitrogen and oxygen atoms in total. The van der Waals surface area contributed by atoms with Gasteiger partial charge in [-0.2, -0.15) is 0 Å². The zero-order valence-electron chi connectivity index (χ0n) is 9.77. The zero-order valence-corrected chi connectivity index (χ0v) is 9.77. The van der Waals surface area contributed by atoms with Crippen molar-refractivity contribution in [1.29, 1.82) is 0 Å². The number of pyridine rings is 1. The summed E-state index contributed by atoms with van der Waals surface area (Å²) in [6.45, 7) is 1.75. The molecule has 0 atom stereocenters. The van der Waals surface area contributed by atoms with Gasteiger partial charge in [-0.15, -0.1) is 0 Å². The summed E-state index contributed by atoms with van der Waals surface area (Å²) in [4.78, 5) is 15.9. The molecule has 0 aliphatic heterocycles. The quantitative estimate of drug-likeness (QED) is 0.853. The molecule has 0 bridgehead atoms. The van der Waals surface area contributed by atoms with Crippen molar-refractivity contribution in [3.8, 4) is 0 Å². The number of hydrogen-bond donors (Lipinski definition) is 2. The third-order valence-electron chi connectivity index (χ3n) is 2.32. The van der Waals surface area contributed by atoms with Crippen molar-refractivity contribution in [3.05, 3.63) is 53.5 Å². The van der Waals surface area contributed by atoms with Gasteiger partial charge in [-0.25, -0.2) is 9.37 Å². The van der Waals surface area contributed by atoms with E-state index >= 15 is 0 Å². The SMILES string of the molecule is Cc1cc(C(=O)Nc2cccc(F)c2)cc(N)n1. The van der Waals surface area contributed by atoms with E-state index in [4.69, 9.17) is 5.73 Å². The van der Waals surface area contributed by atoms with Gasteiger partial charge in [-0.05, 0) is 37.3 Å². The monoisotopic (exact) mass is 245 g/mol. The Balaban J connectivity index is 2.22. The van der Waals surface area contributed by atoms with Crippen LogP contribution in [0, 0.1) is 12.7 Å². The lowest BCUT2D eigenvalue weighted by molar-refractivity contribution is 0.102. The number of halogens is 1. The minimum absolute atomic E-state index is 0.277. The first-order chi connectivity index (χ1) is 8.54. The smallest absolute Gasteiger partial charge is 0.255 e. The molecule has 92 valence electrons. The number of aromatic nitrogens is 1. The van der Waals surface area contributed by atoms with Gasteiger partial charge in [-0.3, -0.25) is 4.79 Å². The van der Waals surface area contributed by atoms with Crippen LogP contribution < -0.4 is 11.1 Å². The molecule has 1 heterocycles. The Labute approximate surface area is 104 Å². The van der Waals surface area contributed by atoms with E-state index in [1.807, 2.05) is 0 Å². The summed E-state index contributed by atoms with van der Waals surface area (Å²) in [7, 11) is 0. The van der Waals surface area contributed by atoms with Gasteiger partial charge in [0.2, 0.25) is 0 Å². The number of carbonyl (C=O) groups is 1. The highest BCUT2D eigenvalue weighted by molar-refractivity contribution is 6.04. The van der Waals surface area contributed by atoms with Crippen molar-refractivity contribution in [2.45, 2.75) is 6.92 Å². The van der Waals surface area contributed by atoms with E-state index in [-0.39, 0.29) is 11.7 Å². The normalized spacial score (nSPS) is 10.1. The second-order valence-corrected chi connectivity index (χ2v) is 3.89. The molecule has 0 spiro atoms. The molecule has 2 aromatic rings. The van der Waals surface area contributed by atoms with Crippen LogP contribution in [0.15, 0.2) is 36.4 Å². The average Bonchev–Trinajstić information content (AvgIpc) is 2.27. The maximum Gasteiger partial charge on any atom is 0.255 e. The first-order valence-electron chi connectivity index (χ1n) is 5.36. The molecule has 0 saturated heterocycles. The summed E-state index contributed by atoms with van der Waals surface area (Å²) in [6, 6.07) is 8.78. The van der Waals surface area contributed by atoms with E-state index in [1.165, 1.54) is 24.3 Å². The van der Waals surface area contributed by atoms with Gasteiger partial charge in [0, 0.05) is 16.9 Å². The number of anilines is 2. The van der Waals surface area contributed by atoms with E-state index in [0.717, 1.165) is 0 Å². The van der Waals surface area contributed by atoms with Crippen LogP contribution in [-0.2, 0) is 0 Å². The molecule has 18 heavy (non-hydrogen) atoms. The molecule has 0 aliphatic carbocycles. The number of nitrogens with one attached hydrogen (secondary N) is 1. The summed E-state index contributed by atoms with van der Waals surface area (Å²) >= 11 is 0. The molecule has 3 N–H and O–H groups in total. The number of benzene rings is 1. The standard InChI is InChI=1S/C13H12FN3O/c1-8-5-9(6-12(15)16-8)13(18)17-11-4-2-3-10(14)7-11/h2-7H,1H3,(H2,15,16)(H,17,18). The topological polar surface area (TPSA) is 68.0 Å². The predicted molar refractivity (Wildman–Crippen MR) is 67.7 cm³/mol. The molecular formula is C13H12FN3O. The zero-order chi connectivity index (χ0) is 13.1. The molecule has 1 aromatic heterocycles. The highest BCUT2D eigenvalue weighted by Gasteiger charge is 2.08. The van der Waals surface area contributed by atoms with Crippen LogP contribution in [0.3, 0.4) is 0 Å². The fourth-order valence-electron chi connectivity index (χ4n) is 1.59. The van der Waals surface area contributed by atoms with Crippen molar-refractivity contribution < 1.29 is 9.18 Å². The van der Waals surface area contributed by atoms with Gasteiger partial charge in [0.15, 0.2) is 0 Å². The van der Waals surface area contributed by atoms with Crippen LogP contribution in [0.25, 0.3) is 0 Å². The molecule has 0 radical (unpaired) electrons. The van der Waals surface area contributed by atoms with Gasteiger partial charge in [-0.1, -0.05) is 6.07 Å². The number of amides is 1. The van der Waals surface area contributed by atoms with E-state index in [2.05, 4.69) is 10.3 Å². The Hall–Kier alpha value is -2.43. The van der Waals surface area contributed by atoms with Crippen molar-refractivity contribution in [2.24, 2.45) is 0 Å². The lowest BCUT2D eigenvalue weighted by Crippen LogP contribution is -2.13. The van der Waals surface area contributed by atoms with Crippen molar-refractivity contribution >= 4 is 17.4 Å². The van der Waals surface area contributed by atoms with Crippen molar-refractivity contribution in [3.63, 3.8) is 0 Å². The maximum atomic E-state index is 13.0.